The van der Waals surface area contributed by atoms with Crippen molar-refractivity contribution < 1.29 is 9.29 Å². The van der Waals surface area contributed by atoms with E-state index in [9.17, 15) is 4.39 Å². The number of halogens is 1. The van der Waals surface area contributed by atoms with Crippen LogP contribution in [0.5, 0.6) is 0 Å². The summed E-state index contributed by atoms with van der Waals surface area (Å²) in [6, 6.07) is 0.793. The number of thioether (sulfide) groups is 1. The third-order valence-electron chi connectivity index (χ3n) is 5.17. The topological polar surface area (TPSA) is 30.5 Å². The number of fused-ring (bicyclic) bond motifs is 1. The first kappa shape index (κ1) is 13.2. The lowest BCUT2D eigenvalue weighted by Gasteiger charge is -2.33. The monoisotopic (exact) mass is 273 g/mol. The van der Waals surface area contributed by atoms with Gasteiger partial charge in [-0.05, 0) is 38.5 Å². The molecular weight excluding hydrogens is 247 g/mol. The number of hydrogen-bond donors (Lipinski definition) is 2. The molecule has 18 heavy (non-hydrogen) atoms. The first-order valence-corrected chi connectivity index (χ1v) is 8.59. The highest BCUT2D eigenvalue weighted by Crippen LogP contribution is 2.33. The van der Waals surface area contributed by atoms with Crippen molar-refractivity contribution in [2.45, 2.75) is 74.3 Å². The second-order valence-electron chi connectivity index (χ2n) is 6.38. The predicted molar refractivity (Wildman–Crippen MR) is 74.3 cm³/mol. The maximum Gasteiger partial charge on any atom is 0.187 e. The van der Waals surface area contributed by atoms with Crippen LogP contribution in [0.15, 0.2) is 0 Å². The minimum Gasteiger partial charge on any atom is -0.308 e. The van der Waals surface area contributed by atoms with Gasteiger partial charge in [-0.2, -0.15) is 0 Å². The van der Waals surface area contributed by atoms with E-state index >= 15 is 0 Å². The fraction of sp³-hybridized carbons (Fsp3) is 1.00. The second kappa shape index (κ2) is 5.68. The molecule has 1 heterocycles. The molecule has 0 aromatic heterocycles. The molecule has 3 fully saturated rings. The molecule has 0 amide bonds. The minimum atomic E-state index is -0.527. The zero-order valence-electron chi connectivity index (χ0n) is 11.1. The summed E-state index contributed by atoms with van der Waals surface area (Å²) in [5, 5.41) is 0.807. The molecule has 0 aromatic rings. The summed E-state index contributed by atoms with van der Waals surface area (Å²) in [5.41, 5.74) is 6.61. The Morgan fingerprint density at radius 3 is 2.56 bits per heavy atom. The van der Waals surface area contributed by atoms with Crippen molar-refractivity contribution in [1.29, 1.82) is 0 Å². The average Bonchev–Trinajstić information content (AvgIpc) is 2.69. The third kappa shape index (κ3) is 2.70. The largest absolute Gasteiger partial charge is 0.308 e. The van der Waals surface area contributed by atoms with E-state index in [0.717, 1.165) is 42.9 Å². The summed E-state index contributed by atoms with van der Waals surface area (Å²) in [5.74, 6) is 0.722. The lowest BCUT2D eigenvalue weighted by molar-refractivity contribution is -0.933. The van der Waals surface area contributed by atoms with Gasteiger partial charge in [0.05, 0.1) is 11.8 Å². The lowest BCUT2D eigenvalue weighted by atomic mass is 9.86. The van der Waals surface area contributed by atoms with Crippen LogP contribution in [0, 0.1) is 5.92 Å². The molecule has 4 unspecified atom stereocenters. The van der Waals surface area contributed by atoms with E-state index in [1.807, 2.05) is 11.8 Å². The van der Waals surface area contributed by atoms with E-state index in [1.165, 1.54) is 32.2 Å². The summed E-state index contributed by atoms with van der Waals surface area (Å²) < 4.78 is 13.2. The zero-order chi connectivity index (χ0) is 12.5. The molecule has 1 saturated heterocycles. The van der Waals surface area contributed by atoms with E-state index in [0.29, 0.717) is 0 Å². The molecule has 0 spiro atoms. The summed E-state index contributed by atoms with van der Waals surface area (Å²) in [6.45, 7) is 1.20. The van der Waals surface area contributed by atoms with Crippen molar-refractivity contribution in [3.63, 3.8) is 0 Å². The van der Waals surface area contributed by atoms with Crippen LogP contribution in [-0.4, -0.2) is 29.5 Å². The number of rotatable bonds is 2. The molecule has 0 bridgehead atoms. The van der Waals surface area contributed by atoms with Crippen LogP contribution in [-0.2, 0) is 0 Å². The maximum atomic E-state index is 13.2. The molecule has 2 saturated carbocycles. The van der Waals surface area contributed by atoms with Gasteiger partial charge in [-0.15, -0.1) is 0 Å². The molecule has 104 valence electrons. The van der Waals surface area contributed by atoms with E-state index in [-0.39, 0.29) is 5.50 Å². The van der Waals surface area contributed by atoms with Crippen LogP contribution < -0.4 is 10.6 Å². The molecule has 0 radical (unpaired) electrons. The van der Waals surface area contributed by atoms with Crippen LogP contribution in [0.1, 0.15) is 51.4 Å². The second-order valence-corrected chi connectivity index (χ2v) is 7.77. The Balaban J connectivity index is 1.57. The fourth-order valence-corrected chi connectivity index (χ4v) is 5.72. The highest BCUT2D eigenvalue weighted by molar-refractivity contribution is 8.00. The Hall–Kier alpha value is 0.200. The SMILES string of the molecule is NC1SC2CCCCC2[NH+]1CC1CCC(F)CC1. The van der Waals surface area contributed by atoms with Crippen molar-refractivity contribution in [2.75, 3.05) is 6.54 Å². The molecule has 3 N–H and O–H groups in total. The first-order valence-electron chi connectivity index (χ1n) is 7.64. The normalized spacial score (nSPS) is 49.0. The first-order chi connectivity index (χ1) is 8.74. The van der Waals surface area contributed by atoms with Gasteiger partial charge in [0.2, 0.25) is 0 Å². The average molecular weight is 273 g/mol. The van der Waals surface area contributed by atoms with Gasteiger partial charge in [-0.1, -0.05) is 18.2 Å². The van der Waals surface area contributed by atoms with Gasteiger partial charge < -0.3 is 4.90 Å². The quantitative estimate of drug-likeness (QED) is 0.802. The van der Waals surface area contributed by atoms with Crippen molar-refractivity contribution in [1.82, 2.24) is 0 Å². The molecule has 4 heteroatoms. The van der Waals surface area contributed by atoms with Crippen LogP contribution >= 0.6 is 11.8 Å². The van der Waals surface area contributed by atoms with Gasteiger partial charge in [0.1, 0.15) is 12.2 Å². The lowest BCUT2D eigenvalue weighted by Crippen LogP contribution is -3.19. The van der Waals surface area contributed by atoms with Crippen LogP contribution in [0.25, 0.3) is 0 Å². The highest BCUT2D eigenvalue weighted by Gasteiger charge is 2.45. The van der Waals surface area contributed by atoms with Crippen molar-refractivity contribution in [3.05, 3.63) is 0 Å². The van der Waals surface area contributed by atoms with Crippen molar-refractivity contribution in [3.8, 4) is 0 Å². The molecular formula is C14H26FN2S+. The summed E-state index contributed by atoms with van der Waals surface area (Å²) >= 11 is 2.01. The predicted octanol–water partition coefficient (Wildman–Crippen LogP) is 1.70. The molecule has 4 atom stereocenters. The Labute approximate surface area is 114 Å². The molecule has 0 aromatic carbocycles. The molecule has 2 nitrogen and oxygen atoms in total. The summed E-state index contributed by atoms with van der Waals surface area (Å²) in [6.07, 6.45) is 8.71. The van der Waals surface area contributed by atoms with Crippen molar-refractivity contribution in [2.24, 2.45) is 11.7 Å². The van der Waals surface area contributed by atoms with Gasteiger partial charge in [0.15, 0.2) is 5.50 Å². The van der Waals surface area contributed by atoms with E-state index in [4.69, 9.17) is 5.73 Å². The molecule has 1 aliphatic heterocycles. The maximum absolute atomic E-state index is 13.2. The van der Waals surface area contributed by atoms with Gasteiger partial charge in [0.25, 0.3) is 0 Å². The Bertz CT molecular complexity index is 281. The third-order valence-corrected chi connectivity index (χ3v) is 6.68. The number of nitrogens with two attached hydrogens (primary N) is 1. The Kier molecular flexibility index (Phi) is 4.16. The number of alkyl halides is 1. The van der Waals surface area contributed by atoms with Gasteiger partial charge in [-0.25, -0.2) is 4.39 Å². The van der Waals surface area contributed by atoms with E-state index in [2.05, 4.69) is 0 Å². The van der Waals surface area contributed by atoms with E-state index < -0.39 is 6.17 Å². The van der Waals surface area contributed by atoms with E-state index in [1.54, 1.807) is 4.90 Å². The number of quaternary nitrogens is 1. The Morgan fingerprint density at radius 1 is 1.06 bits per heavy atom. The highest BCUT2D eigenvalue weighted by atomic mass is 32.2. The molecule has 2 aliphatic carbocycles. The number of nitrogens with one attached hydrogen (secondary N) is 1. The molecule has 3 rings (SSSR count). The molecule has 3 aliphatic rings. The zero-order valence-corrected chi connectivity index (χ0v) is 11.9. The minimum absolute atomic E-state index is 0.279. The smallest absolute Gasteiger partial charge is 0.187 e. The van der Waals surface area contributed by atoms with Crippen LogP contribution in [0.4, 0.5) is 4.39 Å². The van der Waals surface area contributed by atoms with Gasteiger partial charge in [0, 0.05) is 12.3 Å². The summed E-state index contributed by atoms with van der Waals surface area (Å²) in [4.78, 5) is 1.63. The fourth-order valence-electron chi connectivity index (χ4n) is 4.10. The number of hydrogen-bond acceptors (Lipinski definition) is 2. The van der Waals surface area contributed by atoms with Gasteiger partial charge >= 0.3 is 0 Å². The van der Waals surface area contributed by atoms with Crippen molar-refractivity contribution >= 4 is 11.8 Å². The Morgan fingerprint density at radius 2 is 1.78 bits per heavy atom. The summed E-state index contributed by atoms with van der Waals surface area (Å²) in [7, 11) is 0. The van der Waals surface area contributed by atoms with Crippen LogP contribution in [0.2, 0.25) is 0 Å². The van der Waals surface area contributed by atoms with Crippen LogP contribution in [0.3, 0.4) is 0 Å². The van der Waals surface area contributed by atoms with Gasteiger partial charge in [-0.3, -0.25) is 5.73 Å². The standard InChI is InChI=1S/C14H25FN2S/c15-11-7-5-10(6-8-11)9-17-12-3-1-2-4-13(12)18-14(17)16/h10-14H,1-9,16H2/p+1.